The van der Waals surface area contributed by atoms with E-state index in [1.807, 2.05) is 0 Å². The lowest BCUT2D eigenvalue weighted by Gasteiger charge is -2.08. The molecule has 4 nitrogen and oxygen atoms in total. The van der Waals surface area contributed by atoms with E-state index in [0.717, 1.165) is 6.07 Å². The van der Waals surface area contributed by atoms with Crippen molar-refractivity contribution in [2.24, 2.45) is 0 Å². The summed E-state index contributed by atoms with van der Waals surface area (Å²) in [7, 11) is 0. The molecule has 1 aromatic carbocycles. The summed E-state index contributed by atoms with van der Waals surface area (Å²) in [6, 6.07) is 3.74. The Morgan fingerprint density at radius 2 is 2.29 bits per heavy atom. The quantitative estimate of drug-likeness (QED) is 0.593. The second-order valence-electron chi connectivity index (χ2n) is 2.81. The molecule has 0 saturated heterocycles. The molecule has 75 valence electrons. The summed E-state index contributed by atoms with van der Waals surface area (Å²) in [5.41, 5.74) is -0.501. The molecule has 0 aromatic heterocycles. The molecule has 0 aliphatic rings. The normalized spacial score (nSPS) is 12.5. The first-order valence-corrected chi connectivity index (χ1v) is 3.94. The van der Waals surface area contributed by atoms with Crippen LogP contribution in [0.3, 0.4) is 0 Å². The molecule has 1 atom stereocenters. The molecule has 0 heterocycles. The molecule has 5 heteroatoms. The molecule has 0 saturated carbocycles. The predicted octanol–water partition coefficient (Wildman–Crippen LogP) is 1.64. The van der Waals surface area contributed by atoms with Crippen molar-refractivity contribution in [3.05, 3.63) is 46.6 Å². The molecule has 0 spiro atoms. The summed E-state index contributed by atoms with van der Waals surface area (Å²) >= 11 is 0. The van der Waals surface area contributed by atoms with Gasteiger partial charge in [-0.1, -0.05) is 12.1 Å². The summed E-state index contributed by atoms with van der Waals surface area (Å²) in [5.74, 6) is -1.60. The summed E-state index contributed by atoms with van der Waals surface area (Å²) in [6.07, 6.45) is 0. The lowest BCUT2D eigenvalue weighted by Crippen LogP contribution is -2.05. The number of aliphatic hydroxyl groups is 1. The minimum atomic E-state index is -0.908. The van der Waals surface area contributed by atoms with Crippen LogP contribution in [0.25, 0.3) is 0 Å². The second kappa shape index (κ2) is 4.15. The zero-order valence-corrected chi connectivity index (χ0v) is 7.31. The number of benzene rings is 1. The third-order valence-electron chi connectivity index (χ3n) is 1.86. The van der Waals surface area contributed by atoms with Gasteiger partial charge in [0, 0.05) is 11.5 Å². The Kier molecular flexibility index (Phi) is 3.14. The fraction of sp³-hybridized carbons (Fsp3) is 0.222. The maximum atomic E-state index is 13.0. The first kappa shape index (κ1) is 10.6. The SMILES string of the molecule is [CH2]C(CO)c1cccc(F)c1[N+](=O)[O-]. The number of para-hydroxylation sites is 1. The highest BCUT2D eigenvalue weighted by Gasteiger charge is 2.22. The Bertz CT molecular complexity index is 354. The fourth-order valence-electron chi connectivity index (χ4n) is 1.15. The Hall–Kier alpha value is -1.49. The molecule has 1 aromatic rings. The van der Waals surface area contributed by atoms with Gasteiger partial charge in [-0.25, -0.2) is 0 Å². The van der Waals surface area contributed by atoms with Gasteiger partial charge in [0.15, 0.2) is 0 Å². The van der Waals surface area contributed by atoms with Gasteiger partial charge < -0.3 is 5.11 Å². The number of nitro groups is 1. The van der Waals surface area contributed by atoms with E-state index < -0.39 is 22.3 Å². The van der Waals surface area contributed by atoms with Crippen molar-refractivity contribution >= 4 is 5.69 Å². The van der Waals surface area contributed by atoms with Crippen LogP contribution < -0.4 is 0 Å². The van der Waals surface area contributed by atoms with Crippen molar-refractivity contribution in [1.29, 1.82) is 0 Å². The molecular weight excluding hydrogens is 189 g/mol. The molecule has 14 heavy (non-hydrogen) atoms. The third kappa shape index (κ3) is 1.88. The minimum absolute atomic E-state index is 0.109. The summed E-state index contributed by atoms with van der Waals surface area (Å²) in [4.78, 5) is 9.71. The number of hydrogen-bond donors (Lipinski definition) is 1. The van der Waals surface area contributed by atoms with Gasteiger partial charge in [0.1, 0.15) is 0 Å². The Morgan fingerprint density at radius 3 is 2.79 bits per heavy atom. The number of aliphatic hydroxyl groups excluding tert-OH is 1. The van der Waals surface area contributed by atoms with Gasteiger partial charge >= 0.3 is 5.69 Å². The van der Waals surface area contributed by atoms with Crippen LogP contribution in [0.1, 0.15) is 11.5 Å². The molecule has 0 amide bonds. The van der Waals surface area contributed by atoms with Crippen LogP contribution in [-0.2, 0) is 0 Å². The number of halogens is 1. The van der Waals surface area contributed by atoms with E-state index in [1.54, 1.807) is 0 Å². The van der Waals surface area contributed by atoms with Crippen LogP contribution in [-0.4, -0.2) is 16.6 Å². The molecule has 0 aliphatic heterocycles. The van der Waals surface area contributed by atoms with Gasteiger partial charge in [-0.2, -0.15) is 4.39 Å². The van der Waals surface area contributed by atoms with Crippen molar-refractivity contribution in [1.82, 2.24) is 0 Å². The molecule has 1 radical (unpaired) electrons. The van der Waals surface area contributed by atoms with Gasteiger partial charge in [0.05, 0.1) is 11.5 Å². The van der Waals surface area contributed by atoms with Crippen LogP contribution in [0.15, 0.2) is 18.2 Å². The average Bonchev–Trinajstić information content (AvgIpc) is 2.15. The zero-order valence-electron chi connectivity index (χ0n) is 7.31. The predicted molar refractivity (Wildman–Crippen MR) is 48.2 cm³/mol. The van der Waals surface area contributed by atoms with E-state index in [-0.39, 0.29) is 12.2 Å². The molecule has 0 aliphatic carbocycles. The van der Waals surface area contributed by atoms with Crippen molar-refractivity contribution < 1.29 is 14.4 Å². The average molecular weight is 198 g/mol. The highest BCUT2D eigenvalue weighted by molar-refractivity contribution is 5.44. The Labute approximate surface area is 80.1 Å². The lowest BCUT2D eigenvalue weighted by atomic mass is 10.00. The molecule has 1 unspecified atom stereocenters. The van der Waals surface area contributed by atoms with Gasteiger partial charge in [-0.05, 0) is 13.0 Å². The Balaban J connectivity index is 3.28. The van der Waals surface area contributed by atoms with Crippen LogP contribution >= 0.6 is 0 Å². The van der Waals surface area contributed by atoms with Crippen molar-refractivity contribution in [3.63, 3.8) is 0 Å². The topological polar surface area (TPSA) is 63.4 Å². The van der Waals surface area contributed by atoms with Gasteiger partial charge in [0.2, 0.25) is 5.82 Å². The molecule has 1 N–H and O–H groups in total. The molecule has 0 fully saturated rings. The van der Waals surface area contributed by atoms with Crippen molar-refractivity contribution in [2.75, 3.05) is 6.61 Å². The number of rotatable bonds is 3. The van der Waals surface area contributed by atoms with E-state index in [1.165, 1.54) is 12.1 Å². The maximum absolute atomic E-state index is 13.0. The first-order valence-electron chi connectivity index (χ1n) is 3.94. The largest absolute Gasteiger partial charge is 0.396 e. The van der Waals surface area contributed by atoms with Crippen LogP contribution in [0.2, 0.25) is 0 Å². The number of hydrogen-bond acceptors (Lipinski definition) is 3. The standard InChI is InChI=1S/C9H9FNO3/c1-6(5-12)7-3-2-4-8(10)9(7)11(13)14/h2-4,6,12H,1,5H2. The molecule has 0 bridgehead atoms. The van der Waals surface area contributed by atoms with Crippen LogP contribution in [0, 0.1) is 22.9 Å². The summed E-state index contributed by atoms with van der Waals surface area (Å²) < 4.78 is 13.0. The minimum Gasteiger partial charge on any atom is -0.396 e. The highest BCUT2D eigenvalue weighted by atomic mass is 19.1. The Morgan fingerprint density at radius 1 is 1.64 bits per heavy atom. The second-order valence-corrected chi connectivity index (χ2v) is 2.81. The van der Waals surface area contributed by atoms with E-state index in [9.17, 15) is 14.5 Å². The third-order valence-corrected chi connectivity index (χ3v) is 1.86. The van der Waals surface area contributed by atoms with Gasteiger partial charge in [0.25, 0.3) is 0 Å². The fourth-order valence-corrected chi connectivity index (χ4v) is 1.15. The van der Waals surface area contributed by atoms with E-state index in [4.69, 9.17) is 5.11 Å². The van der Waals surface area contributed by atoms with Crippen molar-refractivity contribution in [3.8, 4) is 0 Å². The number of nitro benzene ring substituents is 1. The smallest absolute Gasteiger partial charge is 0.308 e. The van der Waals surface area contributed by atoms with E-state index in [0.29, 0.717) is 0 Å². The highest BCUT2D eigenvalue weighted by Crippen LogP contribution is 2.28. The van der Waals surface area contributed by atoms with E-state index in [2.05, 4.69) is 6.92 Å². The zero-order chi connectivity index (χ0) is 10.7. The van der Waals surface area contributed by atoms with Crippen molar-refractivity contribution in [2.45, 2.75) is 5.92 Å². The molecular formula is C9H9FNO3. The maximum Gasteiger partial charge on any atom is 0.308 e. The van der Waals surface area contributed by atoms with E-state index >= 15 is 0 Å². The van der Waals surface area contributed by atoms with Crippen LogP contribution in [0.4, 0.5) is 10.1 Å². The lowest BCUT2D eigenvalue weighted by molar-refractivity contribution is -0.388. The summed E-state index contributed by atoms with van der Waals surface area (Å²) in [6.45, 7) is 3.13. The summed E-state index contributed by atoms with van der Waals surface area (Å²) in [5, 5.41) is 19.3. The van der Waals surface area contributed by atoms with Crippen LogP contribution in [0.5, 0.6) is 0 Å². The monoisotopic (exact) mass is 198 g/mol. The van der Waals surface area contributed by atoms with Gasteiger partial charge in [-0.15, -0.1) is 0 Å². The molecule has 1 rings (SSSR count). The first-order chi connectivity index (χ1) is 6.57. The number of nitrogens with zero attached hydrogens (tertiary/aromatic N) is 1. The van der Waals surface area contributed by atoms with Gasteiger partial charge in [-0.3, -0.25) is 10.1 Å².